The van der Waals surface area contributed by atoms with Crippen molar-refractivity contribution in [3.05, 3.63) is 62.6 Å². The normalized spacial score (nSPS) is 10.7. The summed E-state index contributed by atoms with van der Waals surface area (Å²) in [6.45, 7) is -0.342. The van der Waals surface area contributed by atoms with Crippen molar-refractivity contribution in [3.63, 3.8) is 0 Å². The number of carboxylic acids is 1. The number of aromatic carboxylic acids is 1. The number of carbonyl (C=O) groups is 3. The molecule has 0 heterocycles. The van der Waals surface area contributed by atoms with Gasteiger partial charge in [-0.3, -0.25) is 4.79 Å². The van der Waals surface area contributed by atoms with E-state index in [-0.39, 0.29) is 34.2 Å². The van der Waals surface area contributed by atoms with Gasteiger partial charge in [-0.15, -0.1) is 0 Å². The van der Waals surface area contributed by atoms with E-state index in [1.54, 1.807) is 12.1 Å². The first-order valence-electron chi connectivity index (χ1n) is 8.20. The minimum atomic E-state index is -1.14. The Morgan fingerprint density at radius 3 is 2.63 bits per heavy atom. The fourth-order valence-electron chi connectivity index (χ4n) is 2.23. The van der Waals surface area contributed by atoms with Crippen LogP contribution in [0.5, 0.6) is 5.75 Å². The SMILES string of the molecule is COC(=O)COc1c(Cl)cc(C=C(C#N)C(=O)Nc2cccc(C(=O)O)c2)cc1Br. The Morgan fingerprint density at radius 2 is 2.03 bits per heavy atom. The van der Waals surface area contributed by atoms with Crippen LogP contribution in [0.2, 0.25) is 5.02 Å². The van der Waals surface area contributed by atoms with Gasteiger partial charge in [-0.1, -0.05) is 17.7 Å². The lowest BCUT2D eigenvalue weighted by atomic mass is 10.1. The molecule has 8 nitrogen and oxygen atoms in total. The van der Waals surface area contributed by atoms with Crippen LogP contribution in [-0.4, -0.2) is 36.7 Å². The van der Waals surface area contributed by atoms with Crippen LogP contribution in [0.1, 0.15) is 15.9 Å². The number of methoxy groups -OCH3 is 1. The van der Waals surface area contributed by atoms with Crippen LogP contribution < -0.4 is 10.1 Å². The number of nitrogens with zero attached hydrogens (tertiary/aromatic N) is 1. The minimum Gasteiger partial charge on any atom is -0.479 e. The molecule has 0 atom stereocenters. The molecule has 1 amide bonds. The Hall–Kier alpha value is -3.35. The van der Waals surface area contributed by atoms with E-state index < -0.39 is 17.8 Å². The third-order valence-electron chi connectivity index (χ3n) is 3.63. The lowest BCUT2D eigenvalue weighted by Crippen LogP contribution is -2.14. The van der Waals surface area contributed by atoms with E-state index in [1.807, 2.05) is 0 Å². The van der Waals surface area contributed by atoms with Crippen LogP contribution >= 0.6 is 27.5 Å². The van der Waals surface area contributed by atoms with E-state index >= 15 is 0 Å². The topological polar surface area (TPSA) is 126 Å². The van der Waals surface area contributed by atoms with Crippen molar-refractivity contribution >= 4 is 57.1 Å². The van der Waals surface area contributed by atoms with Crippen molar-refractivity contribution in [2.75, 3.05) is 19.0 Å². The van der Waals surface area contributed by atoms with Gasteiger partial charge in [0.15, 0.2) is 12.4 Å². The molecule has 0 aliphatic carbocycles. The molecule has 0 aliphatic heterocycles. The van der Waals surface area contributed by atoms with Crippen LogP contribution in [0.3, 0.4) is 0 Å². The highest BCUT2D eigenvalue weighted by atomic mass is 79.9. The van der Waals surface area contributed by atoms with E-state index in [4.69, 9.17) is 21.4 Å². The number of halogens is 2. The molecule has 0 fully saturated rings. The predicted octanol–water partition coefficient (Wildman–Crippen LogP) is 3.90. The van der Waals surface area contributed by atoms with Gasteiger partial charge in [0.25, 0.3) is 5.91 Å². The number of benzene rings is 2. The molecule has 2 rings (SSSR count). The molecule has 0 spiro atoms. The molecule has 0 bridgehead atoms. The van der Waals surface area contributed by atoms with Gasteiger partial charge in [-0.05, 0) is 57.9 Å². The third-order valence-corrected chi connectivity index (χ3v) is 4.50. The number of carbonyl (C=O) groups excluding carboxylic acids is 2. The molecule has 2 N–H and O–H groups in total. The van der Waals surface area contributed by atoms with Gasteiger partial charge in [0.05, 0.1) is 22.2 Å². The molecular formula is C20H14BrClN2O6. The second kappa shape index (κ2) is 10.4. The Labute approximate surface area is 184 Å². The second-order valence-electron chi connectivity index (χ2n) is 5.69. The van der Waals surface area contributed by atoms with Crippen LogP contribution in [-0.2, 0) is 14.3 Å². The number of ether oxygens (including phenoxy) is 2. The summed E-state index contributed by atoms with van der Waals surface area (Å²) in [6, 6.07) is 10.4. The van der Waals surface area contributed by atoms with Crippen molar-refractivity contribution in [2.24, 2.45) is 0 Å². The van der Waals surface area contributed by atoms with E-state index in [1.165, 1.54) is 43.5 Å². The number of hydrogen-bond donors (Lipinski definition) is 2. The molecule has 0 radical (unpaired) electrons. The first-order chi connectivity index (χ1) is 14.2. The second-order valence-corrected chi connectivity index (χ2v) is 6.95. The number of anilines is 1. The molecule has 30 heavy (non-hydrogen) atoms. The summed E-state index contributed by atoms with van der Waals surface area (Å²) < 4.78 is 10.2. The van der Waals surface area contributed by atoms with E-state index in [0.29, 0.717) is 10.0 Å². The highest BCUT2D eigenvalue weighted by Crippen LogP contribution is 2.35. The molecule has 0 aliphatic rings. The lowest BCUT2D eigenvalue weighted by Gasteiger charge is -2.10. The maximum absolute atomic E-state index is 12.4. The van der Waals surface area contributed by atoms with Crippen molar-refractivity contribution in [2.45, 2.75) is 0 Å². The van der Waals surface area contributed by atoms with Crippen LogP contribution in [0.25, 0.3) is 6.08 Å². The summed E-state index contributed by atoms with van der Waals surface area (Å²) in [6.07, 6.45) is 1.30. The van der Waals surface area contributed by atoms with E-state index in [9.17, 15) is 19.6 Å². The molecule has 0 saturated heterocycles. The predicted molar refractivity (Wildman–Crippen MR) is 112 cm³/mol. The average molecular weight is 494 g/mol. The molecule has 2 aromatic carbocycles. The average Bonchev–Trinajstić information content (AvgIpc) is 2.71. The Bertz CT molecular complexity index is 1050. The van der Waals surface area contributed by atoms with Crippen molar-refractivity contribution in [1.82, 2.24) is 0 Å². The number of carboxylic acid groups (broad SMARTS) is 1. The third kappa shape index (κ3) is 6.07. The van der Waals surface area contributed by atoms with Crippen molar-refractivity contribution in [1.29, 1.82) is 5.26 Å². The number of nitriles is 1. The summed E-state index contributed by atoms with van der Waals surface area (Å²) in [5.41, 5.74) is 0.408. The van der Waals surface area contributed by atoms with Gasteiger partial charge in [0.2, 0.25) is 0 Å². The number of nitrogens with one attached hydrogen (secondary N) is 1. The summed E-state index contributed by atoms with van der Waals surface area (Å²) in [7, 11) is 1.22. The molecule has 154 valence electrons. The molecule has 0 saturated carbocycles. The lowest BCUT2D eigenvalue weighted by molar-refractivity contribution is -0.142. The summed E-state index contributed by atoms with van der Waals surface area (Å²) in [5, 5.41) is 21.0. The molecular weight excluding hydrogens is 480 g/mol. The van der Waals surface area contributed by atoms with Gasteiger partial charge in [0, 0.05) is 5.69 Å². The van der Waals surface area contributed by atoms with E-state index in [0.717, 1.165) is 0 Å². The zero-order valence-corrected chi connectivity index (χ0v) is 17.8. The first-order valence-corrected chi connectivity index (χ1v) is 9.37. The van der Waals surface area contributed by atoms with E-state index in [2.05, 4.69) is 26.0 Å². The maximum atomic E-state index is 12.4. The zero-order valence-electron chi connectivity index (χ0n) is 15.4. The molecule has 0 unspecified atom stereocenters. The summed E-state index contributed by atoms with van der Waals surface area (Å²) in [4.78, 5) is 34.7. The number of rotatable bonds is 7. The standard InChI is InChI=1S/C20H14BrClN2O6/c1-29-17(25)10-30-18-15(21)6-11(7-16(18)22)5-13(9-23)19(26)24-14-4-2-3-12(8-14)20(27)28/h2-8H,10H2,1H3,(H,24,26)(H,27,28). The van der Waals surface area contributed by atoms with Crippen molar-refractivity contribution < 1.29 is 29.0 Å². The van der Waals surface area contributed by atoms with Crippen LogP contribution in [0.4, 0.5) is 5.69 Å². The molecule has 0 aromatic heterocycles. The number of esters is 1. The Kier molecular flexibility index (Phi) is 7.98. The summed E-state index contributed by atoms with van der Waals surface area (Å²) >= 11 is 9.43. The van der Waals surface area contributed by atoms with Gasteiger partial charge in [-0.25, -0.2) is 9.59 Å². The summed E-state index contributed by atoms with van der Waals surface area (Å²) in [5.74, 6) is -2.25. The Balaban J connectivity index is 2.24. The van der Waals surface area contributed by atoms with Gasteiger partial charge in [-0.2, -0.15) is 5.26 Å². The Morgan fingerprint density at radius 1 is 1.30 bits per heavy atom. The number of amides is 1. The van der Waals surface area contributed by atoms with Gasteiger partial charge in [0.1, 0.15) is 11.6 Å². The fraction of sp³-hybridized carbons (Fsp3) is 0.100. The van der Waals surface area contributed by atoms with Crippen molar-refractivity contribution in [3.8, 4) is 11.8 Å². The van der Waals surface area contributed by atoms with Crippen LogP contribution in [0.15, 0.2) is 46.4 Å². The number of hydrogen-bond acceptors (Lipinski definition) is 6. The fourth-order valence-corrected chi connectivity index (χ4v) is 3.22. The molecule has 2 aromatic rings. The monoisotopic (exact) mass is 492 g/mol. The van der Waals surface area contributed by atoms with Crippen LogP contribution in [0, 0.1) is 11.3 Å². The van der Waals surface area contributed by atoms with Gasteiger partial charge >= 0.3 is 11.9 Å². The zero-order chi connectivity index (χ0) is 22.3. The maximum Gasteiger partial charge on any atom is 0.343 e. The highest BCUT2D eigenvalue weighted by Gasteiger charge is 2.14. The quantitative estimate of drug-likeness (QED) is 0.340. The highest BCUT2D eigenvalue weighted by molar-refractivity contribution is 9.10. The minimum absolute atomic E-state index is 0.00598. The van der Waals surface area contributed by atoms with Gasteiger partial charge < -0.3 is 19.9 Å². The first kappa shape index (κ1) is 22.9. The largest absolute Gasteiger partial charge is 0.479 e. The smallest absolute Gasteiger partial charge is 0.343 e. The molecule has 10 heteroatoms.